The lowest BCUT2D eigenvalue weighted by Gasteiger charge is -2.10. The molecule has 0 radical (unpaired) electrons. The van der Waals surface area contributed by atoms with Gasteiger partial charge in [-0.05, 0) is 30.7 Å². The number of allylic oxidation sites excluding steroid dienone is 1. The molecule has 0 aliphatic heterocycles. The average Bonchev–Trinajstić information content (AvgIpc) is 2.67. The molecule has 1 amide bonds. The lowest BCUT2D eigenvalue weighted by atomic mass is 10.2. The first-order chi connectivity index (χ1) is 13.1. The van der Waals surface area contributed by atoms with Gasteiger partial charge in [-0.1, -0.05) is 30.3 Å². The maximum absolute atomic E-state index is 11.7. The number of hydrogen-bond donors (Lipinski definition) is 1. The summed E-state index contributed by atoms with van der Waals surface area (Å²) in [4.78, 5) is 22.0. The highest BCUT2D eigenvalue weighted by Crippen LogP contribution is 2.26. The van der Waals surface area contributed by atoms with E-state index < -0.39 is 10.8 Å². The van der Waals surface area contributed by atoms with Crippen LogP contribution in [0.4, 0.5) is 5.69 Å². The van der Waals surface area contributed by atoms with Gasteiger partial charge in [0, 0.05) is 18.3 Å². The number of rotatable bonds is 9. The SMILES string of the molecule is CCOc1ccccc1OCC(=O)N/N=C\C=C\c1cccc([N+](=O)[O-])c1. The quantitative estimate of drug-likeness (QED) is 0.415. The number of benzene rings is 2. The Labute approximate surface area is 156 Å². The van der Waals surface area contributed by atoms with Crippen LogP contribution in [0.25, 0.3) is 6.08 Å². The van der Waals surface area contributed by atoms with Crippen LogP contribution in [0.15, 0.2) is 59.7 Å². The fourth-order valence-corrected chi connectivity index (χ4v) is 2.07. The highest BCUT2D eigenvalue weighted by molar-refractivity contribution is 5.82. The van der Waals surface area contributed by atoms with E-state index in [1.54, 1.807) is 42.5 Å². The zero-order chi connectivity index (χ0) is 19.5. The molecule has 0 aromatic heterocycles. The molecule has 0 spiro atoms. The van der Waals surface area contributed by atoms with Gasteiger partial charge in [0.2, 0.25) is 0 Å². The Morgan fingerprint density at radius 3 is 2.63 bits per heavy atom. The summed E-state index contributed by atoms with van der Waals surface area (Å²) in [6, 6.07) is 13.2. The van der Waals surface area contributed by atoms with Gasteiger partial charge in [0.05, 0.1) is 11.5 Å². The third-order valence-corrected chi connectivity index (χ3v) is 3.23. The Balaban J connectivity index is 1.80. The molecule has 2 aromatic carbocycles. The van der Waals surface area contributed by atoms with Crippen molar-refractivity contribution in [2.45, 2.75) is 6.92 Å². The monoisotopic (exact) mass is 369 g/mol. The van der Waals surface area contributed by atoms with Crippen LogP contribution in [0.5, 0.6) is 11.5 Å². The molecule has 0 aliphatic rings. The Morgan fingerprint density at radius 2 is 1.93 bits per heavy atom. The van der Waals surface area contributed by atoms with Crippen LogP contribution >= 0.6 is 0 Å². The van der Waals surface area contributed by atoms with E-state index in [0.29, 0.717) is 23.7 Å². The molecule has 2 aromatic rings. The number of nitro groups is 1. The Hall–Kier alpha value is -3.68. The number of carbonyl (C=O) groups excluding carboxylic acids is 1. The molecular weight excluding hydrogens is 350 g/mol. The summed E-state index contributed by atoms with van der Waals surface area (Å²) in [5.74, 6) is 0.613. The van der Waals surface area contributed by atoms with Crippen molar-refractivity contribution in [1.82, 2.24) is 5.43 Å². The van der Waals surface area contributed by atoms with E-state index in [9.17, 15) is 14.9 Å². The number of carbonyl (C=O) groups is 1. The number of hydrazone groups is 1. The minimum Gasteiger partial charge on any atom is -0.490 e. The summed E-state index contributed by atoms with van der Waals surface area (Å²) in [6.45, 7) is 2.14. The molecule has 0 saturated heterocycles. The van der Waals surface area contributed by atoms with Crippen LogP contribution in [0.3, 0.4) is 0 Å². The lowest BCUT2D eigenvalue weighted by molar-refractivity contribution is -0.384. The number of nitro benzene ring substituents is 1. The van der Waals surface area contributed by atoms with Crippen molar-refractivity contribution in [2.75, 3.05) is 13.2 Å². The topological polar surface area (TPSA) is 103 Å². The number of ether oxygens (including phenoxy) is 2. The van der Waals surface area contributed by atoms with Crippen LogP contribution in [0.2, 0.25) is 0 Å². The molecule has 8 nitrogen and oxygen atoms in total. The molecule has 2 rings (SSSR count). The van der Waals surface area contributed by atoms with Crippen molar-refractivity contribution >= 4 is 23.9 Å². The standard InChI is InChI=1S/C19H19N3O5/c1-2-26-17-10-3-4-11-18(17)27-14-19(23)21-20-12-6-8-15-7-5-9-16(13-15)22(24)25/h3-13H,2,14H2,1H3,(H,21,23)/b8-6+,20-12-. The Kier molecular flexibility index (Phi) is 7.52. The van der Waals surface area contributed by atoms with Gasteiger partial charge in [-0.25, -0.2) is 5.43 Å². The first-order valence-corrected chi connectivity index (χ1v) is 8.18. The Bertz CT molecular complexity index is 849. The van der Waals surface area contributed by atoms with Crippen molar-refractivity contribution < 1.29 is 19.2 Å². The van der Waals surface area contributed by atoms with Gasteiger partial charge in [-0.15, -0.1) is 0 Å². The van der Waals surface area contributed by atoms with Crippen LogP contribution in [-0.4, -0.2) is 30.3 Å². The molecule has 1 N–H and O–H groups in total. The molecule has 0 aliphatic carbocycles. The fraction of sp³-hybridized carbons (Fsp3) is 0.158. The van der Waals surface area contributed by atoms with Gasteiger partial charge in [-0.3, -0.25) is 14.9 Å². The number of hydrogen-bond acceptors (Lipinski definition) is 6. The summed E-state index contributed by atoms with van der Waals surface area (Å²) in [6.07, 6.45) is 4.56. The van der Waals surface area contributed by atoms with Gasteiger partial charge < -0.3 is 9.47 Å². The first-order valence-electron chi connectivity index (χ1n) is 8.18. The van der Waals surface area contributed by atoms with Crippen molar-refractivity contribution in [3.05, 3.63) is 70.3 Å². The second-order valence-corrected chi connectivity index (χ2v) is 5.19. The van der Waals surface area contributed by atoms with Gasteiger partial charge >= 0.3 is 0 Å². The van der Waals surface area contributed by atoms with Crippen LogP contribution in [0, 0.1) is 10.1 Å². The zero-order valence-corrected chi connectivity index (χ0v) is 14.7. The fourth-order valence-electron chi connectivity index (χ4n) is 2.07. The normalized spacial score (nSPS) is 10.9. The van der Waals surface area contributed by atoms with Crippen molar-refractivity contribution in [3.63, 3.8) is 0 Å². The van der Waals surface area contributed by atoms with Crippen LogP contribution in [-0.2, 0) is 4.79 Å². The Morgan fingerprint density at radius 1 is 1.19 bits per heavy atom. The smallest absolute Gasteiger partial charge is 0.277 e. The largest absolute Gasteiger partial charge is 0.490 e. The summed E-state index contributed by atoms with van der Waals surface area (Å²) in [7, 11) is 0. The van der Waals surface area contributed by atoms with Crippen molar-refractivity contribution in [2.24, 2.45) is 5.10 Å². The molecule has 0 unspecified atom stereocenters. The van der Waals surface area contributed by atoms with Gasteiger partial charge in [0.15, 0.2) is 18.1 Å². The predicted molar refractivity (Wildman–Crippen MR) is 102 cm³/mol. The van der Waals surface area contributed by atoms with Gasteiger partial charge in [0.25, 0.3) is 11.6 Å². The highest BCUT2D eigenvalue weighted by Gasteiger charge is 2.06. The van der Waals surface area contributed by atoms with Gasteiger partial charge in [0.1, 0.15) is 0 Å². The molecular formula is C19H19N3O5. The van der Waals surface area contributed by atoms with E-state index in [0.717, 1.165) is 0 Å². The second kappa shape index (κ2) is 10.3. The summed E-state index contributed by atoms with van der Waals surface area (Å²) in [5, 5.41) is 14.5. The van der Waals surface area contributed by atoms with Crippen LogP contribution in [0.1, 0.15) is 12.5 Å². The maximum Gasteiger partial charge on any atom is 0.277 e. The number of para-hydroxylation sites is 2. The third-order valence-electron chi connectivity index (χ3n) is 3.23. The minimum absolute atomic E-state index is 0.00636. The highest BCUT2D eigenvalue weighted by atomic mass is 16.6. The molecule has 0 atom stereocenters. The van der Waals surface area contributed by atoms with Gasteiger partial charge in [-0.2, -0.15) is 5.10 Å². The molecule has 8 heteroatoms. The average molecular weight is 369 g/mol. The summed E-state index contributed by atoms with van der Waals surface area (Å²) >= 11 is 0. The summed E-state index contributed by atoms with van der Waals surface area (Å²) in [5.41, 5.74) is 2.98. The lowest BCUT2D eigenvalue weighted by Crippen LogP contribution is -2.24. The summed E-state index contributed by atoms with van der Waals surface area (Å²) < 4.78 is 10.8. The van der Waals surface area contributed by atoms with E-state index in [-0.39, 0.29) is 12.3 Å². The van der Waals surface area contributed by atoms with E-state index in [1.165, 1.54) is 18.3 Å². The number of nitrogens with one attached hydrogen (secondary N) is 1. The minimum atomic E-state index is -0.463. The first kappa shape index (κ1) is 19.6. The molecule has 0 bridgehead atoms. The molecule has 27 heavy (non-hydrogen) atoms. The van der Waals surface area contributed by atoms with E-state index in [1.807, 2.05) is 13.0 Å². The van der Waals surface area contributed by atoms with E-state index >= 15 is 0 Å². The number of non-ortho nitro benzene ring substituents is 1. The zero-order valence-electron chi connectivity index (χ0n) is 14.7. The number of amides is 1. The molecule has 0 saturated carbocycles. The molecule has 140 valence electrons. The van der Waals surface area contributed by atoms with Crippen molar-refractivity contribution in [3.8, 4) is 11.5 Å². The third kappa shape index (κ3) is 6.62. The van der Waals surface area contributed by atoms with Crippen molar-refractivity contribution in [1.29, 1.82) is 0 Å². The number of nitrogens with zero attached hydrogens (tertiary/aromatic N) is 2. The molecule has 0 fully saturated rings. The van der Waals surface area contributed by atoms with Crippen LogP contribution < -0.4 is 14.9 Å². The van der Waals surface area contributed by atoms with E-state index in [4.69, 9.17) is 9.47 Å². The predicted octanol–water partition coefficient (Wildman–Crippen LogP) is 3.19. The molecule has 0 heterocycles. The second-order valence-electron chi connectivity index (χ2n) is 5.19. The maximum atomic E-state index is 11.7. The van der Waals surface area contributed by atoms with E-state index in [2.05, 4.69) is 10.5 Å².